The molecule has 0 radical (unpaired) electrons. The molecule has 272 valence electrons. The monoisotopic (exact) mass is 752 g/mol. The minimum atomic E-state index is -4.15. The third kappa shape index (κ3) is 6.92. The van der Waals surface area contributed by atoms with Crippen LogP contribution >= 0.6 is 11.8 Å². The van der Waals surface area contributed by atoms with Gasteiger partial charge in [-0.1, -0.05) is 75.4 Å². The molecule has 7 rings (SSSR count). The first-order valence-electron chi connectivity index (χ1n) is 16.9. The molecule has 0 amide bonds. The van der Waals surface area contributed by atoms with E-state index in [1.807, 2.05) is 65.2 Å². The Hall–Kier alpha value is -5.45. The molecule has 1 N–H and O–H groups in total. The van der Waals surface area contributed by atoms with E-state index in [1.54, 1.807) is 12.1 Å². The molecule has 2 aliphatic rings. The van der Waals surface area contributed by atoms with Gasteiger partial charge >= 0.3 is 0 Å². The van der Waals surface area contributed by atoms with Crippen LogP contribution in [0.4, 0.5) is 17.1 Å². The maximum atomic E-state index is 14.0. The SMILES string of the molecule is CC1(C)C[C@H]2C[C@@]1(C)CN2S(=O)(=O)c1cc([N+](=O)[O-])ccc1N/N=C\c1ccc(Sc2nnc(Cc3ccccc3)n2-c2ccccc2)c([N+](=O)[O-])c1. The van der Waals surface area contributed by atoms with Crippen molar-refractivity contribution in [1.29, 1.82) is 0 Å². The number of nitrogens with one attached hydrogen (secondary N) is 1. The molecular weight excluding hydrogens is 717 g/mol. The molecule has 1 saturated carbocycles. The van der Waals surface area contributed by atoms with Crippen molar-refractivity contribution in [2.24, 2.45) is 15.9 Å². The lowest BCUT2D eigenvalue weighted by atomic mass is 9.69. The summed E-state index contributed by atoms with van der Waals surface area (Å²) < 4.78 is 31.4. The number of rotatable bonds is 12. The second-order valence-corrected chi connectivity index (χ2v) is 17.1. The number of hydrazone groups is 1. The fraction of sp³-hybridized carbons (Fsp3) is 0.270. The maximum absolute atomic E-state index is 14.0. The number of para-hydroxylation sites is 1. The molecule has 2 bridgehead atoms. The van der Waals surface area contributed by atoms with Gasteiger partial charge in [0.25, 0.3) is 11.4 Å². The number of nitro groups is 2. The van der Waals surface area contributed by atoms with Crippen molar-refractivity contribution >= 4 is 45.1 Å². The van der Waals surface area contributed by atoms with E-state index in [2.05, 4.69) is 41.5 Å². The van der Waals surface area contributed by atoms with E-state index in [0.717, 1.165) is 29.1 Å². The van der Waals surface area contributed by atoms with Crippen molar-refractivity contribution in [3.05, 3.63) is 134 Å². The molecule has 1 saturated heterocycles. The number of nitrogens with zero attached hydrogens (tertiary/aromatic N) is 7. The predicted octanol–water partition coefficient (Wildman–Crippen LogP) is 7.47. The van der Waals surface area contributed by atoms with Gasteiger partial charge < -0.3 is 0 Å². The summed E-state index contributed by atoms with van der Waals surface area (Å²) in [5, 5.41) is 37.5. The van der Waals surface area contributed by atoms with Crippen LogP contribution in [0.3, 0.4) is 0 Å². The van der Waals surface area contributed by atoms with Gasteiger partial charge in [-0.3, -0.25) is 30.2 Å². The van der Waals surface area contributed by atoms with E-state index < -0.39 is 19.9 Å². The maximum Gasteiger partial charge on any atom is 0.283 e. The molecule has 0 unspecified atom stereocenters. The minimum absolute atomic E-state index is 0.0423. The van der Waals surface area contributed by atoms with Crippen molar-refractivity contribution in [1.82, 2.24) is 19.1 Å². The van der Waals surface area contributed by atoms with Crippen LogP contribution in [0.1, 0.15) is 50.6 Å². The van der Waals surface area contributed by atoms with E-state index in [1.165, 1.54) is 28.7 Å². The van der Waals surface area contributed by atoms with Crippen LogP contribution in [0.25, 0.3) is 5.69 Å². The zero-order valence-electron chi connectivity index (χ0n) is 29.1. The van der Waals surface area contributed by atoms with Gasteiger partial charge in [0.15, 0.2) is 0 Å². The number of benzene rings is 4. The standard InChI is InChI=1S/C37H36N8O6S2/c1-36(2)21-29-22-37(36,3)24-42(29)53(50,51)33-20-28(44(46)47)15-16-30(33)39-38-23-26-14-17-32(31(18-26)45(48)49)52-35-41-40-34(19-25-10-6-4-7-11-25)43(35)27-12-8-5-9-13-27/h4-18,20,23,29,39H,19,21-22,24H2,1-3H3/b38-23-/t29-,37-/m0/s1. The highest BCUT2D eigenvalue weighted by Crippen LogP contribution is 2.60. The molecule has 1 aliphatic carbocycles. The first-order valence-corrected chi connectivity index (χ1v) is 19.1. The molecular formula is C37H36N8O6S2. The second-order valence-electron chi connectivity index (χ2n) is 14.2. The molecule has 2 atom stereocenters. The van der Waals surface area contributed by atoms with E-state index >= 15 is 0 Å². The molecule has 0 spiro atoms. The highest BCUT2D eigenvalue weighted by atomic mass is 32.2. The Balaban J connectivity index is 1.15. The third-order valence-corrected chi connectivity index (χ3v) is 13.4. The van der Waals surface area contributed by atoms with E-state index in [0.29, 0.717) is 47.2 Å². The second kappa shape index (κ2) is 13.8. The molecule has 14 nitrogen and oxygen atoms in total. The van der Waals surface area contributed by atoms with Crippen LogP contribution in [0.5, 0.6) is 0 Å². The summed E-state index contributed by atoms with van der Waals surface area (Å²) in [6.45, 7) is 6.67. The van der Waals surface area contributed by atoms with Crippen molar-refractivity contribution in [3.8, 4) is 5.69 Å². The van der Waals surface area contributed by atoms with Gasteiger partial charge in [-0.25, -0.2) is 8.42 Å². The van der Waals surface area contributed by atoms with Gasteiger partial charge in [0, 0.05) is 48.5 Å². The number of piperidine rings is 1. The lowest BCUT2D eigenvalue weighted by molar-refractivity contribution is -0.387. The van der Waals surface area contributed by atoms with Gasteiger partial charge in [0.05, 0.1) is 26.6 Å². The molecule has 4 aromatic carbocycles. The van der Waals surface area contributed by atoms with Crippen LogP contribution in [-0.4, -0.2) is 56.1 Å². The summed E-state index contributed by atoms with van der Waals surface area (Å²) in [4.78, 5) is 22.9. The molecule has 5 aromatic rings. The molecule has 1 aliphatic heterocycles. The van der Waals surface area contributed by atoms with Crippen LogP contribution in [-0.2, 0) is 16.4 Å². The molecule has 53 heavy (non-hydrogen) atoms. The highest BCUT2D eigenvalue weighted by Gasteiger charge is 2.60. The smallest absolute Gasteiger partial charge is 0.277 e. The van der Waals surface area contributed by atoms with Crippen LogP contribution in [0, 0.1) is 31.1 Å². The third-order valence-electron chi connectivity index (χ3n) is 10.4. The van der Waals surface area contributed by atoms with Crippen molar-refractivity contribution in [3.63, 3.8) is 0 Å². The predicted molar refractivity (Wildman–Crippen MR) is 201 cm³/mol. The fourth-order valence-corrected chi connectivity index (χ4v) is 10.1. The largest absolute Gasteiger partial charge is 0.283 e. The lowest BCUT2D eigenvalue weighted by Gasteiger charge is -2.42. The normalized spacial score (nSPS) is 19.5. The van der Waals surface area contributed by atoms with Crippen LogP contribution < -0.4 is 5.43 Å². The summed E-state index contributed by atoms with van der Waals surface area (Å²) in [6, 6.07) is 27.3. The Labute approximate surface area is 310 Å². The summed E-state index contributed by atoms with van der Waals surface area (Å²) in [5.41, 5.74) is 4.16. The van der Waals surface area contributed by atoms with Crippen molar-refractivity contribution in [2.45, 2.75) is 61.0 Å². The molecule has 2 fully saturated rings. The first kappa shape index (κ1) is 35.9. The van der Waals surface area contributed by atoms with Crippen LogP contribution in [0.15, 0.2) is 117 Å². The Morgan fingerprint density at radius 3 is 2.28 bits per heavy atom. The van der Waals surface area contributed by atoms with Gasteiger partial charge in [0.1, 0.15) is 10.7 Å². The Kier molecular flexibility index (Phi) is 9.38. The van der Waals surface area contributed by atoms with Gasteiger partial charge in [-0.2, -0.15) is 9.41 Å². The average molecular weight is 753 g/mol. The number of hydrogen-bond donors (Lipinski definition) is 1. The Morgan fingerprint density at radius 2 is 1.64 bits per heavy atom. The number of aromatic nitrogens is 3. The number of non-ortho nitro benzene ring substituents is 1. The van der Waals surface area contributed by atoms with Crippen molar-refractivity contribution < 1.29 is 18.3 Å². The zero-order valence-corrected chi connectivity index (χ0v) is 30.8. The summed E-state index contributed by atoms with van der Waals surface area (Å²) >= 11 is 1.11. The lowest BCUT2D eigenvalue weighted by Crippen LogP contribution is -2.46. The first-order chi connectivity index (χ1) is 25.3. The number of anilines is 1. The fourth-order valence-electron chi connectivity index (χ4n) is 7.21. The Morgan fingerprint density at radius 1 is 0.925 bits per heavy atom. The summed E-state index contributed by atoms with van der Waals surface area (Å²) in [5.74, 6) is 0.672. The van der Waals surface area contributed by atoms with Crippen LogP contribution in [0.2, 0.25) is 0 Å². The highest BCUT2D eigenvalue weighted by molar-refractivity contribution is 7.99. The topological polar surface area (TPSA) is 179 Å². The van der Waals surface area contributed by atoms with E-state index in [-0.39, 0.29) is 38.8 Å². The van der Waals surface area contributed by atoms with Gasteiger partial charge in [0.2, 0.25) is 15.2 Å². The number of sulfonamides is 1. The zero-order chi connectivity index (χ0) is 37.5. The number of fused-ring (bicyclic) bond motifs is 2. The minimum Gasteiger partial charge on any atom is -0.277 e. The van der Waals surface area contributed by atoms with E-state index in [9.17, 15) is 28.6 Å². The molecule has 16 heteroatoms. The molecule has 1 aromatic heterocycles. The van der Waals surface area contributed by atoms with Crippen molar-refractivity contribution in [2.75, 3.05) is 12.0 Å². The summed E-state index contributed by atoms with van der Waals surface area (Å²) in [6.07, 6.45) is 3.22. The molecule has 2 heterocycles. The Bertz CT molecular complexity index is 2350. The number of nitro benzene ring substituents is 2. The number of hydrogen-bond acceptors (Lipinski definition) is 11. The van der Waals surface area contributed by atoms with Gasteiger partial charge in [-0.15, -0.1) is 10.2 Å². The van der Waals surface area contributed by atoms with Gasteiger partial charge in [-0.05, 0) is 65.3 Å². The summed E-state index contributed by atoms with van der Waals surface area (Å²) in [7, 11) is -4.15. The quantitative estimate of drug-likeness (QED) is 0.0763. The average Bonchev–Trinajstić information content (AvgIpc) is 3.76. The van der Waals surface area contributed by atoms with E-state index in [4.69, 9.17) is 0 Å².